The molecule has 4 aromatic heterocycles. The molecule has 0 amide bonds. The van der Waals surface area contributed by atoms with Gasteiger partial charge in [-0.1, -0.05) is 75.3 Å². The van der Waals surface area contributed by atoms with Gasteiger partial charge >= 0.3 is 18.1 Å². The van der Waals surface area contributed by atoms with Crippen molar-refractivity contribution in [2.24, 2.45) is 20.0 Å². The van der Waals surface area contributed by atoms with Crippen LogP contribution in [-0.4, -0.2) is 64.2 Å². The fourth-order valence-corrected chi connectivity index (χ4v) is 7.36. The van der Waals surface area contributed by atoms with Crippen LogP contribution in [0.2, 0.25) is 0 Å². The molecule has 0 radical (unpaired) electrons. The maximum absolute atomic E-state index is 13.9. The number of pyridine rings is 2. The normalized spacial score (nSPS) is 14.3. The number of ether oxygens (including phenoxy) is 2. The molecule has 1 aliphatic rings. The molecule has 16 heteroatoms. The summed E-state index contributed by atoms with van der Waals surface area (Å²) in [6, 6.07) is 8.28. The summed E-state index contributed by atoms with van der Waals surface area (Å²) < 4.78 is 55.5. The number of alkyl halides is 3. The van der Waals surface area contributed by atoms with Crippen LogP contribution in [0.5, 0.6) is 0 Å². The number of carbonyl (C=O) groups excluding carboxylic acids is 2. The Bertz CT molecular complexity index is 2940. The first-order chi connectivity index (χ1) is 31.2. The Morgan fingerprint density at radius 1 is 0.791 bits per heavy atom. The van der Waals surface area contributed by atoms with Gasteiger partial charge in [-0.15, -0.1) is 0 Å². The van der Waals surface area contributed by atoms with Crippen LogP contribution in [-0.2, 0) is 29.2 Å². The number of nitrogens with zero attached hydrogens (tertiary/aromatic N) is 3. The van der Waals surface area contributed by atoms with Crippen LogP contribution in [0.15, 0.2) is 52.3 Å². The lowest BCUT2D eigenvalue weighted by Gasteiger charge is -2.25. The van der Waals surface area contributed by atoms with Gasteiger partial charge in [-0.05, 0) is 86.0 Å². The zero-order valence-electron chi connectivity index (χ0n) is 40.2. The summed E-state index contributed by atoms with van der Waals surface area (Å²) >= 11 is 0. The minimum absolute atomic E-state index is 0.0338. The Kier molecular flexibility index (Phi) is 16.3. The number of aliphatic hydroxyl groups is 2. The molecule has 1 fully saturated rings. The number of nitrogens with one attached hydrogen (secondary N) is 2. The van der Waals surface area contributed by atoms with E-state index in [1.165, 1.54) is 56.8 Å². The Labute approximate surface area is 388 Å². The highest BCUT2D eigenvalue weighted by molar-refractivity contribution is 6.08. The number of esters is 2. The van der Waals surface area contributed by atoms with Crippen molar-refractivity contribution in [1.29, 1.82) is 5.26 Å². The van der Waals surface area contributed by atoms with Gasteiger partial charge in [-0.25, -0.2) is 9.59 Å². The number of fused-ring (bicyclic) bond motifs is 2. The quantitative estimate of drug-likeness (QED) is 0.0784. The van der Waals surface area contributed by atoms with Gasteiger partial charge in [0.2, 0.25) is 5.60 Å². The minimum Gasteiger partial charge on any atom is -0.456 e. The molecule has 4 heterocycles. The van der Waals surface area contributed by atoms with E-state index in [-0.39, 0.29) is 45.6 Å². The maximum Gasteiger partial charge on any atom is 0.433 e. The van der Waals surface area contributed by atoms with Crippen LogP contribution in [0.25, 0.3) is 21.8 Å². The van der Waals surface area contributed by atoms with Crippen molar-refractivity contribution in [2.45, 2.75) is 136 Å². The lowest BCUT2D eigenvalue weighted by molar-refractivity contribution is -0.240. The van der Waals surface area contributed by atoms with E-state index in [2.05, 4.69) is 34.7 Å². The second kappa shape index (κ2) is 20.5. The molecule has 358 valence electrons. The van der Waals surface area contributed by atoms with E-state index in [1.54, 1.807) is 27.1 Å². The molecule has 4 N–H and O–H groups in total. The number of aromatic amines is 2. The predicted octanol–water partition coefficient (Wildman–Crippen LogP) is 8.67. The number of benzene rings is 1. The summed E-state index contributed by atoms with van der Waals surface area (Å²) in [5.41, 5.74) is -5.88. The SMILES string of the molecule is CC.CCCCC(C)(C)OC(=O)c1c(C)[nH]c2c(=O)n(C)cc(C#CC(C)(O)C3CC3)c12.Cc1[nH]c2c(=O)n(C)cc(C#CC(O)(c3ccccc3)C(F)(F)F)c2c1C(=O)OC(C)(C)CC#N. The van der Waals surface area contributed by atoms with Gasteiger partial charge in [0.1, 0.15) is 27.8 Å². The molecular weight excluding hydrogens is 868 g/mol. The zero-order chi connectivity index (χ0) is 50.4. The van der Waals surface area contributed by atoms with Gasteiger partial charge < -0.3 is 38.8 Å². The molecule has 1 aromatic carbocycles. The third-order valence-corrected chi connectivity index (χ3v) is 11.2. The Balaban J connectivity index is 0.000000285. The van der Waals surface area contributed by atoms with Crippen LogP contribution in [0.1, 0.15) is 143 Å². The summed E-state index contributed by atoms with van der Waals surface area (Å²) in [5.74, 6) is 9.06. The lowest BCUT2D eigenvalue weighted by atomic mass is 9.93. The van der Waals surface area contributed by atoms with Crippen molar-refractivity contribution in [2.75, 3.05) is 0 Å². The maximum atomic E-state index is 13.9. The summed E-state index contributed by atoms with van der Waals surface area (Å²) in [6.07, 6.45) is 2.20. The molecule has 1 saturated carbocycles. The van der Waals surface area contributed by atoms with Crippen molar-refractivity contribution >= 4 is 33.7 Å². The predicted molar refractivity (Wildman–Crippen MR) is 250 cm³/mol. The molecule has 0 aliphatic heterocycles. The molecule has 13 nitrogen and oxygen atoms in total. The molecule has 2 unspecified atom stereocenters. The number of carbonyl (C=O) groups is 2. The largest absolute Gasteiger partial charge is 0.456 e. The fourth-order valence-electron chi connectivity index (χ4n) is 7.36. The molecule has 2 atom stereocenters. The number of hydrogen-bond donors (Lipinski definition) is 4. The number of halogens is 3. The van der Waals surface area contributed by atoms with Gasteiger partial charge in [-0.2, -0.15) is 18.4 Å². The highest BCUT2D eigenvalue weighted by Gasteiger charge is 2.54. The van der Waals surface area contributed by atoms with E-state index in [0.717, 1.165) is 48.8 Å². The van der Waals surface area contributed by atoms with E-state index in [1.807, 2.05) is 39.7 Å². The van der Waals surface area contributed by atoms with Gasteiger partial charge in [0, 0.05) is 54.2 Å². The fraction of sp³-hybridized carbons (Fsp3) is 0.471. The number of nitriles is 1. The van der Waals surface area contributed by atoms with Crippen molar-refractivity contribution in [1.82, 2.24) is 19.1 Å². The standard InChI is InChI=1S/C25H22F3N3O4.C24H32N2O4.C2H6/c1-15-18(22(33)35-23(2,3)12-13-29)19-16(14-31(4)21(32)20(19)30-15)10-11-24(34,25(26,27)28)17-8-6-5-7-9-17;1-7-8-12-23(3,4)30-22(28)18-15(2)25-20-19(18)16(14-26(6)21(20)27)11-13-24(5,29)17-9-10-17;1-2/h5-9,14,30,34H,12H2,1-4H3;14,17,25,29H,7-10,12H2,1-6H3;1-2H3. The molecule has 0 spiro atoms. The first-order valence-corrected chi connectivity index (χ1v) is 22.1. The summed E-state index contributed by atoms with van der Waals surface area (Å²) in [6.45, 7) is 17.9. The van der Waals surface area contributed by atoms with Crippen LogP contribution in [0.3, 0.4) is 0 Å². The van der Waals surface area contributed by atoms with Crippen LogP contribution in [0, 0.1) is 54.8 Å². The Hall–Kier alpha value is -6.54. The molecule has 1 aliphatic carbocycles. The van der Waals surface area contributed by atoms with Crippen molar-refractivity contribution in [3.8, 4) is 29.8 Å². The minimum atomic E-state index is -5.14. The second-order valence-corrected chi connectivity index (χ2v) is 17.9. The smallest absolute Gasteiger partial charge is 0.433 e. The zero-order valence-corrected chi connectivity index (χ0v) is 40.2. The highest BCUT2D eigenvalue weighted by atomic mass is 19.4. The van der Waals surface area contributed by atoms with Gasteiger partial charge in [-0.3, -0.25) is 9.59 Å². The van der Waals surface area contributed by atoms with Gasteiger partial charge in [0.25, 0.3) is 11.1 Å². The molecule has 5 aromatic rings. The summed E-state index contributed by atoms with van der Waals surface area (Å²) in [7, 11) is 3.03. The number of aryl methyl sites for hydroxylation is 4. The van der Waals surface area contributed by atoms with Crippen LogP contribution >= 0.6 is 0 Å². The topological polar surface area (TPSA) is 192 Å². The summed E-state index contributed by atoms with van der Waals surface area (Å²) in [5, 5.41) is 30.6. The van der Waals surface area contributed by atoms with E-state index < -0.39 is 51.6 Å². The Morgan fingerprint density at radius 3 is 1.66 bits per heavy atom. The molecule has 0 bridgehead atoms. The average Bonchev–Trinajstić information content (AvgIpc) is 3.98. The van der Waals surface area contributed by atoms with Gasteiger partial charge in [0.05, 0.1) is 34.7 Å². The van der Waals surface area contributed by atoms with E-state index >= 15 is 0 Å². The number of unbranched alkanes of at least 4 members (excludes halogenated alkanes) is 1. The van der Waals surface area contributed by atoms with Crippen molar-refractivity contribution in [3.05, 3.63) is 103 Å². The summed E-state index contributed by atoms with van der Waals surface area (Å²) in [4.78, 5) is 57.4. The monoisotopic (exact) mass is 927 g/mol. The number of aromatic nitrogens is 4. The van der Waals surface area contributed by atoms with Crippen LogP contribution < -0.4 is 11.1 Å². The third-order valence-electron chi connectivity index (χ3n) is 11.2. The Morgan fingerprint density at radius 2 is 1.24 bits per heavy atom. The molecular formula is C51H60F3N5O8. The second-order valence-electron chi connectivity index (χ2n) is 17.9. The third kappa shape index (κ3) is 11.9. The number of hydrogen-bond acceptors (Lipinski definition) is 9. The number of H-pyrrole nitrogens is 2. The first kappa shape index (κ1) is 53.1. The van der Waals surface area contributed by atoms with E-state index in [0.29, 0.717) is 27.7 Å². The highest BCUT2D eigenvalue weighted by Crippen LogP contribution is 2.40. The molecule has 0 saturated heterocycles. The van der Waals surface area contributed by atoms with Crippen LogP contribution in [0.4, 0.5) is 13.2 Å². The lowest BCUT2D eigenvalue weighted by Crippen LogP contribution is -2.41. The van der Waals surface area contributed by atoms with Gasteiger partial charge in [0.15, 0.2) is 0 Å². The number of rotatable bonds is 10. The average molecular weight is 928 g/mol. The molecule has 67 heavy (non-hydrogen) atoms. The van der Waals surface area contributed by atoms with Crippen molar-refractivity contribution in [3.63, 3.8) is 0 Å². The van der Waals surface area contributed by atoms with Crippen molar-refractivity contribution < 1.29 is 42.4 Å². The van der Waals surface area contributed by atoms with E-state index in [9.17, 15) is 42.6 Å². The first-order valence-electron chi connectivity index (χ1n) is 22.1. The molecule has 6 rings (SSSR count). The van der Waals surface area contributed by atoms with E-state index in [4.69, 9.17) is 14.7 Å².